The minimum atomic E-state index is -0.0121. The van der Waals surface area contributed by atoms with Gasteiger partial charge in [-0.3, -0.25) is 9.69 Å². The SMILES string of the molecule is Cc1nc2ccc(C(=O)N3CCOc4ccc(CN5CCOCC5)cc4C3)cc2nc1C. The van der Waals surface area contributed by atoms with E-state index in [4.69, 9.17) is 9.47 Å². The highest BCUT2D eigenvalue weighted by Crippen LogP contribution is 2.26. The molecule has 2 aliphatic heterocycles. The second-order valence-electron chi connectivity index (χ2n) is 8.50. The second kappa shape index (κ2) is 8.84. The summed E-state index contributed by atoms with van der Waals surface area (Å²) in [6.45, 7) is 9.78. The van der Waals surface area contributed by atoms with E-state index >= 15 is 0 Å². The predicted molar refractivity (Wildman–Crippen MR) is 122 cm³/mol. The number of benzene rings is 2. The number of morpholine rings is 1. The van der Waals surface area contributed by atoms with Crippen molar-refractivity contribution in [1.82, 2.24) is 19.8 Å². The van der Waals surface area contributed by atoms with E-state index in [0.717, 1.165) is 66.6 Å². The molecule has 1 aromatic heterocycles. The molecule has 0 N–H and O–H groups in total. The van der Waals surface area contributed by atoms with Crippen LogP contribution in [0.25, 0.3) is 11.0 Å². The van der Waals surface area contributed by atoms with Crippen molar-refractivity contribution >= 4 is 16.9 Å². The highest BCUT2D eigenvalue weighted by molar-refractivity contribution is 5.97. The minimum absolute atomic E-state index is 0.0121. The summed E-state index contributed by atoms with van der Waals surface area (Å²) in [6, 6.07) is 11.9. The number of aryl methyl sites for hydroxylation is 2. The summed E-state index contributed by atoms with van der Waals surface area (Å²) in [5.41, 5.74) is 6.25. The van der Waals surface area contributed by atoms with Crippen molar-refractivity contribution in [1.29, 1.82) is 0 Å². The van der Waals surface area contributed by atoms with Crippen molar-refractivity contribution in [2.24, 2.45) is 0 Å². The van der Waals surface area contributed by atoms with Crippen LogP contribution in [-0.2, 0) is 17.8 Å². The molecular weight excluding hydrogens is 404 g/mol. The van der Waals surface area contributed by atoms with Crippen LogP contribution in [0.15, 0.2) is 36.4 Å². The molecule has 1 amide bonds. The number of carbonyl (C=O) groups is 1. The van der Waals surface area contributed by atoms with Gasteiger partial charge in [0.2, 0.25) is 0 Å². The number of hydrogen-bond donors (Lipinski definition) is 0. The molecule has 0 spiro atoms. The second-order valence-corrected chi connectivity index (χ2v) is 8.50. The molecule has 0 saturated carbocycles. The molecule has 7 nitrogen and oxygen atoms in total. The van der Waals surface area contributed by atoms with Gasteiger partial charge in [0.05, 0.1) is 42.2 Å². The number of carbonyl (C=O) groups excluding carboxylic acids is 1. The molecule has 32 heavy (non-hydrogen) atoms. The number of rotatable bonds is 3. The van der Waals surface area contributed by atoms with E-state index in [1.54, 1.807) is 0 Å². The Morgan fingerprint density at radius 1 is 0.938 bits per heavy atom. The van der Waals surface area contributed by atoms with Gasteiger partial charge in [-0.15, -0.1) is 0 Å². The molecule has 1 saturated heterocycles. The fourth-order valence-corrected chi connectivity index (χ4v) is 4.28. The zero-order valence-electron chi connectivity index (χ0n) is 18.6. The first-order valence-corrected chi connectivity index (χ1v) is 11.2. The number of aromatic nitrogens is 2. The fourth-order valence-electron chi connectivity index (χ4n) is 4.28. The van der Waals surface area contributed by atoms with E-state index in [9.17, 15) is 4.79 Å². The molecule has 0 unspecified atom stereocenters. The highest BCUT2D eigenvalue weighted by atomic mass is 16.5. The minimum Gasteiger partial charge on any atom is -0.491 e. The van der Waals surface area contributed by atoms with Crippen LogP contribution in [-0.4, -0.2) is 65.1 Å². The molecule has 2 aromatic carbocycles. The zero-order valence-corrected chi connectivity index (χ0v) is 18.6. The van der Waals surface area contributed by atoms with Crippen molar-refractivity contribution in [3.05, 3.63) is 64.5 Å². The molecule has 5 rings (SSSR count). The van der Waals surface area contributed by atoms with Gasteiger partial charge in [-0.05, 0) is 49.7 Å². The van der Waals surface area contributed by atoms with Gasteiger partial charge in [-0.25, -0.2) is 9.97 Å². The lowest BCUT2D eigenvalue weighted by atomic mass is 10.1. The highest BCUT2D eigenvalue weighted by Gasteiger charge is 2.22. The molecule has 166 valence electrons. The van der Waals surface area contributed by atoms with Crippen LogP contribution in [0, 0.1) is 13.8 Å². The summed E-state index contributed by atoms with van der Waals surface area (Å²) in [7, 11) is 0. The Bertz CT molecular complexity index is 1160. The van der Waals surface area contributed by atoms with E-state index in [1.807, 2.05) is 43.0 Å². The summed E-state index contributed by atoms with van der Waals surface area (Å²) in [6.07, 6.45) is 0. The van der Waals surface area contributed by atoms with E-state index in [2.05, 4.69) is 27.0 Å². The lowest BCUT2D eigenvalue weighted by Gasteiger charge is -2.27. The van der Waals surface area contributed by atoms with Gasteiger partial charge in [0.1, 0.15) is 12.4 Å². The normalized spacial score (nSPS) is 17.0. The third kappa shape index (κ3) is 4.31. The fraction of sp³-hybridized carbons (Fsp3) is 0.400. The zero-order chi connectivity index (χ0) is 22.1. The Morgan fingerprint density at radius 3 is 2.53 bits per heavy atom. The maximum atomic E-state index is 13.4. The summed E-state index contributed by atoms with van der Waals surface area (Å²) in [4.78, 5) is 26.8. The number of ether oxygens (including phenoxy) is 2. The summed E-state index contributed by atoms with van der Waals surface area (Å²) < 4.78 is 11.4. The van der Waals surface area contributed by atoms with Crippen LogP contribution in [0.5, 0.6) is 5.75 Å². The van der Waals surface area contributed by atoms with Crippen molar-refractivity contribution < 1.29 is 14.3 Å². The van der Waals surface area contributed by atoms with Gasteiger partial charge in [-0.1, -0.05) is 6.07 Å². The molecule has 0 aliphatic carbocycles. The maximum Gasteiger partial charge on any atom is 0.254 e. The first-order valence-electron chi connectivity index (χ1n) is 11.2. The number of nitrogens with zero attached hydrogens (tertiary/aromatic N) is 4. The molecular formula is C25H28N4O3. The van der Waals surface area contributed by atoms with Crippen LogP contribution >= 0.6 is 0 Å². The van der Waals surface area contributed by atoms with Crippen LogP contribution in [0.3, 0.4) is 0 Å². The number of hydrogen-bond acceptors (Lipinski definition) is 6. The molecule has 2 aliphatic rings. The van der Waals surface area contributed by atoms with E-state index < -0.39 is 0 Å². The van der Waals surface area contributed by atoms with Crippen molar-refractivity contribution in [2.75, 3.05) is 39.5 Å². The average molecular weight is 433 g/mol. The van der Waals surface area contributed by atoms with Gasteiger partial charge >= 0.3 is 0 Å². The predicted octanol–water partition coefficient (Wildman–Crippen LogP) is 3.11. The molecule has 3 heterocycles. The van der Waals surface area contributed by atoms with Gasteiger partial charge < -0.3 is 14.4 Å². The standard InChI is InChI=1S/C25H28N4O3/c1-17-18(2)27-23-14-20(4-5-22(23)26-17)25(30)29-9-12-32-24-6-3-19(13-21(24)16-29)15-28-7-10-31-11-8-28/h3-6,13-14H,7-12,15-16H2,1-2H3. The van der Waals surface area contributed by atoms with Gasteiger partial charge in [0.25, 0.3) is 5.91 Å². The topological polar surface area (TPSA) is 67.8 Å². The van der Waals surface area contributed by atoms with Gasteiger partial charge in [0.15, 0.2) is 0 Å². The Labute approximate surface area is 188 Å². The summed E-state index contributed by atoms with van der Waals surface area (Å²) in [5.74, 6) is 0.850. The number of fused-ring (bicyclic) bond motifs is 2. The Kier molecular flexibility index (Phi) is 5.76. The first kappa shape index (κ1) is 20.8. The number of amides is 1. The quantitative estimate of drug-likeness (QED) is 0.634. The monoisotopic (exact) mass is 432 g/mol. The van der Waals surface area contributed by atoms with Crippen molar-refractivity contribution in [3.8, 4) is 5.75 Å². The molecule has 0 bridgehead atoms. The van der Waals surface area contributed by atoms with E-state index in [1.165, 1.54) is 5.56 Å². The summed E-state index contributed by atoms with van der Waals surface area (Å²) >= 11 is 0. The Hall–Kier alpha value is -3.03. The third-order valence-electron chi connectivity index (χ3n) is 6.22. The van der Waals surface area contributed by atoms with Gasteiger partial charge in [-0.2, -0.15) is 0 Å². The molecule has 7 heteroatoms. The van der Waals surface area contributed by atoms with E-state index in [0.29, 0.717) is 25.3 Å². The van der Waals surface area contributed by atoms with Gasteiger partial charge in [0, 0.05) is 37.3 Å². The smallest absolute Gasteiger partial charge is 0.254 e. The maximum absolute atomic E-state index is 13.4. The van der Waals surface area contributed by atoms with Crippen molar-refractivity contribution in [2.45, 2.75) is 26.9 Å². The van der Waals surface area contributed by atoms with Crippen LogP contribution in [0.4, 0.5) is 0 Å². The summed E-state index contributed by atoms with van der Waals surface area (Å²) in [5, 5.41) is 0. The largest absolute Gasteiger partial charge is 0.491 e. The molecule has 3 aromatic rings. The Morgan fingerprint density at radius 2 is 1.72 bits per heavy atom. The third-order valence-corrected chi connectivity index (χ3v) is 6.22. The van der Waals surface area contributed by atoms with Crippen LogP contribution < -0.4 is 4.74 Å². The lowest BCUT2D eigenvalue weighted by molar-refractivity contribution is 0.0341. The molecule has 1 fully saturated rings. The molecule has 0 atom stereocenters. The lowest BCUT2D eigenvalue weighted by Crippen LogP contribution is -2.35. The molecule has 0 radical (unpaired) electrons. The van der Waals surface area contributed by atoms with Crippen LogP contribution in [0.2, 0.25) is 0 Å². The van der Waals surface area contributed by atoms with Crippen LogP contribution in [0.1, 0.15) is 32.9 Å². The first-order chi connectivity index (χ1) is 15.6. The van der Waals surface area contributed by atoms with E-state index in [-0.39, 0.29) is 5.91 Å². The van der Waals surface area contributed by atoms with Crippen molar-refractivity contribution in [3.63, 3.8) is 0 Å². The Balaban J connectivity index is 1.37. The average Bonchev–Trinajstić information content (AvgIpc) is 3.02.